The summed E-state index contributed by atoms with van der Waals surface area (Å²) in [7, 11) is -3.25. The highest BCUT2D eigenvalue weighted by Crippen LogP contribution is 2.34. The molecule has 0 aromatic heterocycles. The molecule has 21 heavy (non-hydrogen) atoms. The molecule has 1 aromatic carbocycles. The molecule has 0 spiro atoms. The summed E-state index contributed by atoms with van der Waals surface area (Å²) in [6.07, 6.45) is -4.40. The number of anilines is 1. The Morgan fingerprint density at radius 2 is 2.00 bits per heavy atom. The molecular formula is C12H11ClF3NO3S. The Balaban J connectivity index is 2.18. The number of carbonyl (C=O) groups is 1. The lowest BCUT2D eigenvalue weighted by Gasteiger charge is -2.13. The Morgan fingerprint density at radius 1 is 1.33 bits per heavy atom. The summed E-state index contributed by atoms with van der Waals surface area (Å²) >= 11 is 5.75. The molecule has 2 rings (SSSR count). The van der Waals surface area contributed by atoms with Crippen molar-refractivity contribution in [1.29, 1.82) is 0 Å². The van der Waals surface area contributed by atoms with Gasteiger partial charge in [0.05, 0.1) is 33.7 Å². The fourth-order valence-corrected chi connectivity index (χ4v) is 3.94. The van der Waals surface area contributed by atoms with Crippen LogP contribution >= 0.6 is 11.6 Å². The predicted octanol–water partition coefficient (Wildman–Crippen LogP) is 2.73. The number of sulfone groups is 1. The summed E-state index contributed by atoms with van der Waals surface area (Å²) < 4.78 is 60.4. The smallest absolute Gasteiger partial charge is 0.324 e. The van der Waals surface area contributed by atoms with E-state index in [4.69, 9.17) is 11.6 Å². The van der Waals surface area contributed by atoms with Crippen LogP contribution in [-0.4, -0.2) is 25.8 Å². The fraction of sp³-hybridized carbons (Fsp3) is 0.417. The van der Waals surface area contributed by atoms with E-state index in [1.807, 2.05) is 0 Å². The van der Waals surface area contributed by atoms with E-state index in [9.17, 15) is 26.4 Å². The molecule has 0 saturated carbocycles. The lowest BCUT2D eigenvalue weighted by molar-refractivity contribution is -0.137. The fourth-order valence-electron chi connectivity index (χ4n) is 2.03. The van der Waals surface area contributed by atoms with E-state index in [0.29, 0.717) is 0 Å². The molecular weight excluding hydrogens is 331 g/mol. The molecule has 1 fully saturated rings. The van der Waals surface area contributed by atoms with Gasteiger partial charge in [-0.1, -0.05) is 11.6 Å². The van der Waals surface area contributed by atoms with Crippen LogP contribution in [-0.2, 0) is 20.8 Å². The van der Waals surface area contributed by atoms with Crippen molar-refractivity contribution in [3.05, 3.63) is 28.8 Å². The van der Waals surface area contributed by atoms with Crippen molar-refractivity contribution >= 4 is 33.0 Å². The van der Waals surface area contributed by atoms with Crippen molar-refractivity contribution in [2.45, 2.75) is 12.6 Å². The number of hydrogen-bond donors (Lipinski definition) is 1. The number of amides is 1. The maximum atomic E-state index is 12.6. The Kier molecular flexibility index (Phi) is 4.21. The van der Waals surface area contributed by atoms with Gasteiger partial charge in [0.1, 0.15) is 0 Å². The lowest BCUT2D eigenvalue weighted by atomic mass is 10.1. The van der Waals surface area contributed by atoms with Gasteiger partial charge in [-0.15, -0.1) is 0 Å². The molecule has 1 aliphatic rings. The minimum Gasteiger partial charge on any atom is -0.324 e. The predicted molar refractivity (Wildman–Crippen MR) is 71.8 cm³/mol. The zero-order valence-electron chi connectivity index (χ0n) is 10.6. The molecule has 1 atom stereocenters. The van der Waals surface area contributed by atoms with Crippen LogP contribution in [0.1, 0.15) is 12.0 Å². The van der Waals surface area contributed by atoms with E-state index in [1.165, 1.54) is 0 Å². The zero-order valence-corrected chi connectivity index (χ0v) is 12.1. The van der Waals surface area contributed by atoms with Gasteiger partial charge < -0.3 is 5.32 Å². The first-order chi connectivity index (χ1) is 9.58. The summed E-state index contributed by atoms with van der Waals surface area (Å²) in [6, 6.07) is 2.56. The summed E-state index contributed by atoms with van der Waals surface area (Å²) in [5, 5.41) is 2.22. The van der Waals surface area contributed by atoms with Crippen molar-refractivity contribution in [2.75, 3.05) is 16.8 Å². The molecule has 1 unspecified atom stereocenters. The van der Waals surface area contributed by atoms with Crippen molar-refractivity contribution in [3.63, 3.8) is 0 Å². The summed E-state index contributed by atoms with van der Waals surface area (Å²) in [6.45, 7) is 0. The summed E-state index contributed by atoms with van der Waals surface area (Å²) in [4.78, 5) is 11.9. The topological polar surface area (TPSA) is 63.2 Å². The molecule has 1 saturated heterocycles. The summed E-state index contributed by atoms with van der Waals surface area (Å²) in [5.41, 5.74) is -1.12. The first-order valence-electron chi connectivity index (χ1n) is 5.96. The molecule has 0 bridgehead atoms. The first kappa shape index (κ1) is 16.1. The molecule has 4 nitrogen and oxygen atoms in total. The number of benzene rings is 1. The normalized spacial score (nSPS) is 21.2. The van der Waals surface area contributed by atoms with E-state index >= 15 is 0 Å². The van der Waals surface area contributed by atoms with Gasteiger partial charge in [-0.05, 0) is 24.6 Å². The minimum absolute atomic E-state index is 0.0443. The van der Waals surface area contributed by atoms with Crippen LogP contribution in [0.25, 0.3) is 0 Å². The SMILES string of the molecule is O=C(Nc1cc(C(F)(F)F)ccc1Cl)C1CCS(=O)(=O)C1. The number of hydrogen-bond acceptors (Lipinski definition) is 3. The number of carbonyl (C=O) groups excluding carboxylic acids is 1. The van der Waals surface area contributed by atoms with Gasteiger partial charge in [0.25, 0.3) is 0 Å². The van der Waals surface area contributed by atoms with Crippen LogP contribution in [0.3, 0.4) is 0 Å². The van der Waals surface area contributed by atoms with E-state index in [1.54, 1.807) is 0 Å². The molecule has 0 radical (unpaired) electrons. The molecule has 116 valence electrons. The van der Waals surface area contributed by atoms with Gasteiger partial charge in [0, 0.05) is 0 Å². The molecule has 1 aromatic rings. The van der Waals surface area contributed by atoms with Crippen LogP contribution in [0.4, 0.5) is 18.9 Å². The molecule has 0 aliphatic carbocycles. The average molecular weight is 342 g/mol. The maximum absolute atomic E-state index is 12.6. The van der Waals surface area contributed by atoms with Gasteiger partial charge in [0.15, 0.2) is 9.84 Å². The number of alkyl halides is 3. The van der Waals surface area contributed by atoms with Gasteiger partial charge in [-0.25, -0.2) is 8.42 Å². The van der Waals surface area contributed by atoms with Crippen LogP contribution in [0.5, 0.6) is 0 Å². The standard InChI is InChI=1S/C12H11ClF3NO3S/c13-9-2-1-8(12(14,15)16)5-10(9)17-11(18)7-3-4-21(19,20)6-7/h1-2,5,7H,3-4,6H2,(H,17,18). The molecule has 1 heterocycles. The van der Waals surface area contributed by atoms with E-state index in [-0.39, 0.29) is 28.6 Å². The van der Waals surface area contributed by atoms with Crippen molar-refractivity contribution in [2.24, 2.45) is 5.92 Å². The average Bonchev–Trinajstić information content (AvgIpc) is 2.71. The Bertz CT molecular complexity index is 673. The van der Waals surface area contributed by atoms with Crippen molar-refractivity contribution in [1.82, 2.24) is 0 Å². The Morgan fingerprint density at radius 3 is 2.52 bits per heavy atom. The highest BCUT2D eigenvalue weighted by atomic mass is 35.5. The minimum atomic E-state index is -4.55. The number of rotatable bonds is 2. The highest BCUT2D eigenvalue weighted by molar-refractivity contribution is 7.91. The number of nitrogens with one attached hydrogen (secondary N) is 1. The van der Waals surface area contributed by atoms with Gasteiger partial charge >= 0.3 is 6.18 Å². The third-order valence-corrected chi connectivity index (χ3v) is 5.25. The molecule has 1 N–H and O–H groups in total. The van der Waals surface area contributed by atoms with E-state index in [0.717, 1.165) is 18.2 Å². The third-order valence-electron chi connectivity index (χ3n) is 3.15. The summed E-state index contributed by atoms with van der Waals surface area (Å²) in [5.74, 6) is -1.80. The first-order valence-corrected chi connectivity index (χ1v) is 8.16. The molecule has 1 aliphatic heterocycles. The largest absolute Gasteiger partial charge is 0.416 e. The van der Waals surface area contributed by atoms with E-state index in [2.05, 4.69) is 5.32 Å². The second-order valence-electron chi connectivity index (χ2n) is 4.78. The van der Waals surface area contributed by atoms with Crippen LogP contribution in [0.15, 0.2) is 18.2 Å². The highest BCUT2D eigenvalue weighted by Gasteiger charge is 2.34. The zero-order chi connectivity index (χ0) is 15.8. The van der Waals surface area contributed by atoms with Gasteiger partial charge in [-0.2, -0.15) is 13.2 Å². The van der Waals surface area contributed by atoms with Crippen LogP contribution in [0, 0.1) is 5.92 Å². The molecule has 1 amide bonds. The number of halogens is 4. The van der Waals surface area contributed by atoms with Crippen molar-refractivity contribution in [3.8, 4) is 0 Å². The second-order valence-corrected chi connectivity index (χ2v) is 7.42. The third kappa shape index (κ3) is 3.88. The van der Waals surface area contributed by atoms with Gasteiger partial charge in [-0.3, -0.25) is 4.79 Å². The van der Waals surface area contributed by atoms with Gasteiger partial charge in [0.2, 0.25) is 5.91 Å². The van der Waals surface area contributed by atoms with E-state index < -0.39 is 33.4 Å². The quantitative estimate of drug-likeness (QED) is 0.899. The lowest BCUT2D eigenvalue weighted by Crippen LogP contribution is -2.24. The van der Waals surface area contributed by atoms with Crippen LogP contribution in [0.2, 0.25) is 5.02 Å². The second kappa shape index (κ2) is 5.49. The monoisotopic (exact) mass is 341 g/mol. The Labute approximate surface area is 124 Å². The maximum Gasteiger partial charge on any atom is 0.416 e. The molecule has 9 heteroatoms. The van der Waals surface area contributed by atoms with Crippen LogP contribution < -0.4 is 5.32 Å². The Hall–Kier alpha value is -1.28. The van der Waals surface area contributed by atoms with Crippen molar-refractivity contribution < 1.29 is 26.4 Å².